The van der Waals surface area contributed by atoms with Crippen molar-refractivity contribution >= 4 is 5.69 Å². The molecule has 0 aliphatic carbocycles. The fourth-order valence-electron chi connectivity index (χ4n) is 2.27. The zero-order valence-electron chi connectivity index (χ0n) is 14.4. The van der Waals surface area contributed by atoms with Crippen LogP contribution in [0.4, 0.5) is 5.69 Å². The number of benzene rings is 2. The molecule has 0 amide bonds. The molecular weight excluding hydrogens is 270 g/mol. The van der Waals surface area contributed by atoms with Crippen molar-refractivity contribution in [1.82, 2.24) is 0 Å². The van der Waals surface area contributed by atoms with Crippen molar-refractivity contribution in [2.75, 3.05) is 18.5 Å². The largest absolute Gasteiger partial charge is 0.492 e. The highest BCUT2D eigenvalue weighted by molar-refractivity contribution is 5.48. The Hall–Kier alpha value is -1.96. The summed E-state index contributed by atoms with van der Waals surface area (Å²) in [5, 5.41) is 3.39. The van der Waals surface area contributed by atoms with E-state index in [0.29, 0.717) is 6.61 Å². The maximum Gasteiger partial charge on any atom is 0.119 e. The van der Waals surface area contributed by atoms with Gasteiger partial charge in [-0.3, -0.25) is 0 Å². The van der Waals surface area contributed by atoms with Crippen LogP contribution in [0.25, 0.3) is 0 Å². The van der Waals surface area contributed by atoms with Gasteiger partial charge in [0.15, 0.2) is 0 Å². The average molecular weight is 297 g/mol. The number of rotatable bonds is 5. The first kappa shape index (κ1) is 16.4. The van der Waals surface area contributed by atoms with E-state index >= 15 is 0 Å². The van der Waals surface area contributed by atoms with Gasteiger partial charge in [-0.2, -0.15) is 0 Å². The summed E-state index contributed by atoms with van der Waals surface area (Å²) in [6.07, 6.45) is 0. The molecule has 2 rings (SSSR count). The third-order valence-corrected chi connectivity index (χ3v) is 3.93. The third kappa shape index (κ3) is 4.52. The van der Waals surface area contributed by atoms with Crippen molar-refractivity contribution in [3.63, 3.8) is 0 Å². The Labute approximate surface area is 134 Å². The van der Waals surface area contributed by atoms with E-state index in [1.807, 2.05) is 0 Å². The van der Waals surface area contributed by atoms with Crippen molar-refractivity contribution in [3.8, 4) is 5.75 Å². The van der Waals surface area contributed by atoms with Crippen LogP contribution < -0.4 is 10.1 Å². The molecule has 0 spiro atoms. The normalized spacial score (nSPS) is 11.3. The van der Waals surface area contributed by atoms with Crippen LogP contribution in [-0.4, -0.2) is 13.2 Å². The Morgan fingerprint density at radius 1 is 0.909 bits per heavy atom. The quantitative estimate of drug-likeness (QED) is 0.776. The van der Waals surface area contributed by atoms with E-state index in [-0.39, 0.29) is 5.41 Å². The van der Waals surface area contributed by atoms with Gasteiger partial charge in [0.05, 0.1) is 0 Å². The lowest BCUT2D eigenvalue weighted by Gasteiger charge is -2.19. The van der Waals surface area contributed by atoms with Gasteiger partial charge in [0.1, 0.15) is 12.4 Å². The summed E-state index contributed by atoms with van der Waals surface area (Å²) in [6.45, 7) is 12.4. The molecule has 118 valence electrons. The molecule has 2 nitrogen and oxygen atoms in total. The number of hydrogen-bond acceptors (Lipinski definition) is 2. The van der Waals surface area contributed by atoms with Crippen LogP contribution in [-0.2, 0) is 5.41 Å². The molecule has 0 bridgehead atoms. The second kappa shape index (κ2) is 6.87. The first-order valence-corrected chi connectivity index (χ1v) is 7.91. The van der Waals surface area contributed by atoms with Crippen molar-refractivity contribution in [2.24, 2.45) is 0 Å². The second-order valence-corrected chi connectivity index (χ2v) is 6.85. The summed E-state index contributed by atoms with van der Waals surface area (Å²) in [5.41, 5.74) is 5.29. The molecule has 0 aliphatic rings. The predicted molar refractivity (Wildman–Crippen MR) is 95.0 cm³/mol. The fraction of sp³-hybridized carbons (Fsp3) is 0.400. The standard InChI is InChI=1S/C20H27NO/c1-15-6-9-18(14-16(15)2)21-12-13-22-19-10-7-17(8-11-19)20(3,4)5/h6-11,14,21H,12-13H2,1-5H3. The highest BCUT2D eigenvalue weighted by Crippen LogP contribution is 2.24. The monoisotopic (exact) mass is 297 g/mol. The summed E-state index contributed by atoms with van der Waals surface area (Å²) in [7, 11) is 0. The zero-order valence-corrected chi connectivity index (χ0v) is 14.4. The van der Waals surface area contributed by atoms with E-state index in [1.54, 1.807) is 0 Å². The molecule has 0 heterocycles. The van der Waals surface area contributed by atoms with E-state index in [1.165, 1.54) is 16.7 Å². The molecule has 0 aromatic heterocycles. The highest BCUT2D eigenvalue weighted by atomic mass is 16.5. The molecule has 0 saturated carbocycles. The molecule has 0 atom stereocenters. The average Bonchev–Trinajstić information content (AvgIpc) is 2.47. The summed E-state index contributed by atoms with van der Waals surface area (Å²) in [4.78, 5) is 0. The molecule has 2 aromatic carbocycles. The summed E-state index contributed by atoms with van der Waals surface area (Å²) < 4.78 is 5.79. The smallest absolute Gasteiger partial charge is 0.119 e. The maximum atomic E-state index is 5.79. The van der Waals surface area contributed by atoms with E-state index in [9.17, 15) is 0 Å². The van der Waals surface area contributed by atoms with Crippen LogP contribution in [0.3, 0.4) is 0 Å². The van der Waals surface area contributed by atoms with Crippen LogP contribution in [0.5, 0.6) is 5.75 Å². The molecule has 0 saturated heterocycles. The molecule has 0 fully saturated rings. The topological polar surface area (TPSA) is 21.3 Å². The van der Waals surface area contributed by atoms with E-state index in [2.05, 4.69) is 82.4 Å². The van der Waals surface area contributed by atoms with Crippen molar-refractivity contribution in [3.05, 3.63) is 59.2 Å². The lowest BCUT2D eigenvalue weighted by molar-refractivity contribution is 0.332. The maximum absolute atomic E-state index is 5.79. The highest BCUT2D eigenvalue weighted by Gasteiger charge is 2.12. The van der Waals surface area contributed by atoms with E-state index < -0.39 is 0 Å². The number of ether oxygens (including phenoxy) is 1. The first-order chi connectivity index (χ1) is 10.4. The summed E-state index contributed by atoms with van der Waals surface area (Å²) >= 11 is 0. The van der Waals surface area contributed by atoms with Crippen LogP contribution in [0.1, 0.15) is 37.5 Å². The molecule has 0 unspecified atom stereocenters. The Morgan fingerprint density at radius 3 is 2.18 bits per heavy atom. The van der Waals surface area contributed by atoms with Gasteiger partial charge in [0.25, 0.3) is 0 Å². The summed E-state index contributed by atoms with van der Waals surface area (Å²) in [5.74, 6) is 0.926. The van der Waals surface area contributed by atoms with Gasteiger partial charge in [-0.15, -0.1) is 0 Å². The molecule has 22 heavy (non-hydrogen) atoms. The van der Waals surface area contributed by atoms with Crippen LogP contribution in [0.15, 0.2) is 42.5 Å². The van der Waals surface area contributed by atoms with Gasteiger partial charge < -0.3 is 10.1 Å². The molecule has 2 heteroatoms. The lowest BCUT2D eigenvalue weighted by Crippen LogP contribution is -2.12. The zero-order chi connectivity index (χ0) is 16.2. The number of anilines is 1. The molecule has 0 aliphatic heterocycles. The van der Waals surface area contributed by atoms with E-state index in [0.717, 1.165) is 18.0 Å². The Kier molecular flexibility index (Phi) is 5.12. The Bertz CT molecular complexity index is 609. The van der Waals surface area contributed by atoms with Crippen LogP contribution >= 0.6 is 0 Å². The SMILES string of the molecule is Cc1ccc(NCCOc2ccc(C(C)(C)C)cc2)cc1C. The molecular formula is C20H27NO. The number of hydrogen-bond donors (Lipinski definition) is 1. The minimum Gasteiger partial charge on any atom is -0.492 e. The van der Waals surface area contributed by atoms with E-state index in [4.69, 9.17) is 4.74 Å². The number of nitrogens with one attached hydrogen (secondary N) is 1. The van der Waals surface area contributed by atoms with Gasteiger partial charge in [0, 0.05) is 12.2 Å². The first-order valence-electron chi connectivity index (χ1n) is 7.91. The third-order valence-electron chi connectivity index (χ3n) is 3.93. The second-order valence-electron chi connectivity index (χ2n) is 6.85. The van der Waals surface area contributed by atoms with Crippen molar-refractivity contribution < 1.29 is 4.74 Å². The molecule has 0 radical (unpaired) electrons. The van der Waals surface area contributed by atoms with Gasteiger partial charge in [0.2, 0.25) is 0 Å². The van der Waals surface area contributed by atoms with Crippen LogP contribution in [0.2, 0.25) is 0 Å². The Morgan fingerprint density at radius 2 is 1.59 bits per heavy atom. The predicted octanol–water partition coefficient (Wildman–Crippen LogP) is 5.09. The van der Waals surface area contributed by atoms with Gasteiger partial charge in [-0.05, 0) is 60.2 Å². The minimum absolute atomic E-state index is 0.184. The number of aryl methyl sites for hydroxylation is 2. The Balaban J connectivity index is 1.80. The van der Waals surface area contributed by atoms with Crippen molar-refractivity contribution in [2.45, 2.75) is 40.0 Å². The van der Waals surface area contributed by atoms with Gasteiger partial charge >= 0.3 is 0 Å². The molecule has 1 N–H and O–H groups in total. The van der Waals surface area contributed by atoms with Gasteiger partial charge in [-0.1, -0.05) is 39.0 Å². The summed E-state index contributed by atoms with van der Waals surface area (Å²) in [6, 6.07) is 14.8. The lowest BCUT2D eigenvalue weighted by atomic mass is 9.87. The van der Waals surface area contributed by atoms with Gasteiger partial charge in [-0.25, -0.2) is 0 Å². The fourth-order valence-corrected chi connectivity index (χ4v) is 2.27. The van der Waals surface area contributed by atoms with Crippen molar-refractivity contribution in [1.29, 1.82) is 0 Å². The minimum atomic E-state index is 0.184. The van der Waals surface area contributed by atoms with Crippen LogP contribution in [0, 0.1) is 13.8 Å². The molecule has 2 aromatic rings.